The lowest BCUT2D eigenvalue weighted by Crippen LogP contribution is -2.43. The average molecular weight is 348 g/mol. The van der Waals surface area contributed by atoms with Crippen LogP contribution in [0.5, 0.6) is 0 Å². The van der Waals surface area contributed by atoms with Gasteiger partial charge in [-0.3, -0.25) is 15.2 Å². The molecule has 7 heteroatoms. The van der Waals surface area contributed by atoms with Crippen molar-refractivity contribution in [1.29, 1.82) is 0 Å². The number of carbonyl (C=O) groups is 1. The van der Waals surface area contributed by atoms with Crippen molar-refractivity contribution in [2.45, 2.75) is 26.6 Å². The Hall–Kier alpha value is -1.96. The molecule has 1 rings (SSSR count). The van der Waals surface area contributed by atoms with Crippen LogP contribution in [0.2, 0.25) is 0 Å². The summed E-state index contributed by atoms with van der Waals surface area (Å²) in [6, 6.07) is 0. The highest BCUT2D eigenvalue weighted by molar-refractivity contribution is 5.78. The summed E-state index contributed by atoms with van der Waals surface area (Å²) in [4.78, 5) is 14.0. The van der Waals surface area contributed by atoms with Gasteiger partial charge in [0, 0.05) is 31.1 Å². The lowest BCUT2D eigenvalue weighted by atomic mass is 10.1. The number of hydrogen-bond acceptors (Lipinski definition) is 5. The number of nitrogens with zero attached hydrogens (tertiary/aromatic N) is 2. The molecule has 7 nitrogen and oxygen atoms in total. The fraction of sp³-hybridized carbons (Fsp3) is 0.556. The number of H-pyrrole nitrogens is 1. The van der Waals surface area contributed by atoms with E-state index < -0.39 is 0 Å². The van der Waals surface area contributed by atoms with Crippen LogP contribution in [0.4, 0.5) is 0 Å². The van der Waals surface area contributed by atoms with Gasteiger partial charge < -0.3 is 15.5 Å². The second-order valence-corrected chi connectivity index (χ2v) is 6.43. The molecule has 0 aliphatic heterocycles. The molecule has 0 saturated carbocycles. The van der Waals surface area contributed by atoms with Crippen molar-refractivity contribution >= 4 is 11.5 Å². The number of aromatic amines is 1. The third kappa shape index (κ3) is 7.21. The topological polar surface area (TPSA) is 85.1 Å². The Bertz CT molecular complexity index is 578. The van der Waals surface area contributed by atoms with Crippen LogP contribution in [0.15, 0.2) is 24.9 Å². The van der Waals surface area contributed by atoms with Crippen LogP contribution < -0.4 is 16.0 Å². The average Bonchev–Trinajstić information content (AvgIpc) is 3.04. The van der Waals surface area contributed by atoms with Crippen LogP contribution in [0.1, 0.15) is 25.1 Å². The highest BCUT2D eigenvalue weighted by Gasteiger charge is 2.12. The molecule has 0 saturated heterocycles. The van der Waals surface area contributed by atoms with E-state index in [0.717, 1.165) is 36.5 Å². The zero-order chi connectivity index (χ0) is 18.8. The number of aromatic nitrogens is 2. The van der Waals surface area contributed by atoms with Crippen LogP contribution in [-0.4, -0.2) is 61.4 Å². The first-order chi connectivity index (χ1) is 11.9. The van der Waals surface area contributed by atoms with E-state index in [4.69, 9.17) is 0 Å². The summed E-state index contributed by atoms with van der Waals surface area (Å²) in [5.74, 6) is -0.0530. The van der Waals surface area contributed by atoms with Gasteiger partial charge in [0.15, 0.2) is 0 Å². The number of allylic oxidation sites excluding steroid dienone is 2. The molecule has 1 aromatic rings. The van der Waals surface area contributed by atoms with E-state index in [1.807, 2.05) is 39.2 Å². The lowest BCUT2D eigenvalue weighted by molar-refractivity contribution is -0.124. The number of hydrogen-bond donors (Lipinski definition) is 4. The first-order valence-electron chi connectivity index (χ1n) is 8.59. The Labute approximate surface area is 150 Å². The maximum Gasteiger partial charge on any atom is 0.224 e. The highest BCUT2D eigenvalue weighted by Crippen LogP contribution is 2.17. The summed E-state index contributed by atoms with van der Waals surface area (Å²) in [5, 5.41) is 16.3. The first-order valence-corrected chi connectivity index (χ1v) is 8.59. The quantitative estimate of drug-likeness (QED) is 0.353. The van der Waals surface area contributed by atoms with Gasteiger partial charge in [0.05, 0.1) is 18.1 Å². The summed E-state index contributed by atoms with van der Waals surface area (Å²) < 4.78 is 0. The van der Waals surface area contributed by atoms with E-state index in [1.165, 1.54) is 0 Å². The van der Waals surface area contributed by atoms with Gasteiger partial charge in [-0.1, -0.05) is 26.5 Å². The van der Waals surface area contributed by atoms with Gasteiger partial charge in [-0.15, -0.1) is 0 Å². The summed E-state index contributed by atoms with van der Waals surface area (Å²) in [6.07, 6.45) is 5.38. The molecular formula is C18H32N6O. The minimum absolute atomic E-state index is 0.00278. The van der Waals surface area contributed by atoms with E-state index in [-0.39, 0.29) is 18.0 Å². The zero-order valence-electron chi connectivity index (χ0n) is 16.0. The molecule has 4 N–H and O–H groups in total. The fourth-order valence-electron chi connectivity index (χ4n) is 2.21. The van der Waals surface area contributed by atoms with E-state index in [1.54, 1.807) is 7.05 Å². The van der Waals surface area contributed by atoms with Crippen molar-refractivity contribution in [3.63, 3.8) is 0 Å². The number of likely N-dealkylation sites (N-methyl/N-ethyl adjacent to an activating group) is 3. The zero-order valence-corrected chi connectivity index (χ0v) is 16.0. The Balaban J connectivity index is 2.70. The number of carbonyl (C=O) groups excluding carboxylic acids is 1. The van der Waals surface area contributed by atoms with Gasteiger partial charge in [-0.25, -0.2) is 0 Å². The summed E-state index contributed by atoms with van der Waals surface area (Å²) in [5.41, 5.74) is 2.84. The lowest BCUT2D eigenvalue weighted by Gasteiger charge is -2.17. The molecule has 25 heavy (non-hydrogen) atoms. The molecule has 0 bridgehead atoms. The minimum atomic E-state index is -0.240. The first kappa shape index (κ1) is 21.1. The molecule has 1 heterocycles. The summed E-state index contributed by atoms with van der Waals surface area (Å²) >= 11 is 0. The van der Waals surface area contributed by atoms with Gasteiger partial charge in [0.25, 0.3) is 0 Å². The Morgan fingerprint density at radius 2 is 2.16 bits per heavy atom. The molecule has 0 spiro atoms. The third-order valence-corrected chi connectivity index (χ3v) is 3.85. The standard InChI is InChI=1S/C18H32N6O/c1-13(2)18(25)22-16(20-5)8-7-14(3)17-15(11-21-23-17)12-24(6)10-9-19-4/h7-8,11,13,16,19-20H,3,9-10,12H2,1-2,4-6H3,(H,21,23)(H,22,25)/b8-7-. The van der Waals surface area contributed by atoms with Crippen molar-refractivity contribution in [2.24, 2.45) is 5.92 Å². The molecule has 0 fully saturated rings. The summed E-state index contributed by atoms with van der Waals surface area (Å²) in [6.45, 7) is 10.5. The van der Waals surface area contributed by atoms with Crippen molar-refractivity contribution in [1.82, 2.24) is 31.0 Å². The largest absolute Gasteiger partial charge is 0.337 e. The second kappa shape index (κ2) is 10.8. The molecular weight excluding hydrogens is 316 g/mol. The van der Waals surface area contributed by atoms with Gasteiger partial charge in [-0.05, 0) is 32.8 Å². The van der Waals surface area contributed by atoms with Gasteiger partial charge in [0.2, 0.25) is 5.91 Å². The highest BCUT2D eigenvalue weighted by atomic mass is 16.2. The summed E-state index contributed by atoms with van der Waals surface area (Å²) in [7, 11) is 5.82. The van der Waals surface area contributed by atoms with E-state index in [9.17, 15) is 4.79 Å². The van der Waals surface area contributed by atoms with E-state index in [0.29, 0.717) is 0 Å². The molecule has 0 radical (unpaired) electrons. The van der Waals surface area contributed by atoms with Crippen LogP contribution >= 0.6 is 0 Å². The van der Waals surface area contributed by atoms with Crippen molar-refractivity contribution in [3.05, 3.63) is 36.2 Å². The molecule has 1 unspecified atom stereocenters. The fourth-order valence-corrected chi connectivity index (χ4v) is 2.21. The third-order valence-electron chi connectivity index (χ3n) is 3.85. The van der Waals surface area contributed by atoms with Gasteiger partial charge in [0.1, 0.15) is 0 Å². The van der Waals surface area contributed by atoms with E-state index >= 15 is 0 Å². The molecule has 1 atom stereocenters. The predicted octanol–water partition coefficient (Wildman–Crippen LogP) is 0.948. The maximum absolute atomic E-state index is 11.8. The maximum atomic E-state index is 11.8. The minimum Gasteiger partial charge on any atom is -0.337 e. The van der Waals surface area contributed by atoms with Crippen LogP contribution in [0.25, 0.3) is 5.57 Å². The molecule has 1 aromatic heterocycles. The Morgan fingerprint density at radius 3 is 2.76 bits per heavy atom. The monoisotopic (exact) mass is 348 g/mol. The van der Waals surface area contributed by atoms with Crippen LogP contribution in [0, 0.1) is 5.92 Å². The van der Waals surface area contributed by atoms with Crippen molar-refractivity contribution in [2.75, 3.05) is 34.2 Å². The van der Waals surface area contributed by atoms with Crippen LogP contribution in [-0.2, 0) is 11.3 Å². The van der Waals surface area contributed by atoms with Gasteiger partial charge >= 0.3 is 0 Å². The van der Waals surface area contributed by atoms with Crippen LogP contribution in [0.3, 0.4) is 0 Å². The smallest absolute Gasteiger partial charge is 0.224 e. The molecule has 140 valence electrons. The molecule has 0 aromatic carbocycles. The molecule has 0 aliphatic carbocycles. The Morgan fingerprint density at radius 1 is 1.44 bits per heavy atom. The second-order valence-electron chi connectivity index (χ2n) is 6.43. The SMILES string of the molecule is C=C(/C=C\C(NC)NC(=O)C(C)C)c1[nH]ncc1CN(C)CCNC. The predicted molar refractivity (Wildman–Crippen MR) is 103 cm³/mol. The molecule has 1 amide bonds. The number of nitrogens with one attached hydrogen (secondary N) is 4. The molecule has 0 aliphatic rings. The van der Waals surface area contributed by atoms with Crippen molar-refractivity contribution < 1.29 is 4.79 Å². The normalized spacial score (nSPS) is 12.9. The van der Waals surface area contributed by atoms with Gasteiger partial charge in [-0.2, -0.15) is 5.10 Å². The number of rotatable bonds is 11. The van der Waals surface area contributed by atoms with Crippen molar-refractivity contribution in [3.8, 4) is 0 Å². The number of amides is 1. The Kier molecular flexibility index (Phi) is 9.12. The van der Waals surface area contributed by atoms with E-state index in [2.05, 4.69) is 44.7 Å².